The number of aromatic nitrogens is 2. The Labute approximate surface area is 389 Å². The van der Waals surface area contributed by atoms with E-state index in [1.807, 2.05) is 6.92 Å². The van der Waals surface area contributed by atoms with Crippen molar-refractivity contribution >= 4 is 49.7 Å². The number of nitrogens with one attached hydrogen (secondary N) is 3. The smallest absolute Gasteiger partial charge is 0.459 e. The van der Waals surface area contributed by atoms with E-state index in [2.05, 4.69) is 21.2 Å². The maximum absolute atomic E-state index is 14.5. The highest BCUT2D eigenvalue weighted by molar-refractivity contribution is 7.65. The summed E-state index contributed by atoms with van der Waals surface area (Å²) in [4.78, 5) is 57.3. The van der Waals surface area contributed by atoms with Gasteiger partial charge >= 0.3 is 27.2 Å². The van der Waals surface area contributed by atoms with E-state index in [0.29, 0.717) is 78.8 Å². The van der Waals surface area contributed by atoms with E-state index >= 15 is 0 Å². The van der Waals surface area contributed by atoms with Gasteiger partial charge in [-0.25, -0.2) is 14.3 Å². The minimum atomic E-state index is -4.26. The highest BCUT2D eigenvalue weighted by Gasteiger charge is 2.45. The Bertz CT molecular complexity index is 2710. The van der Waals surface area contributed by atoms with Crippen LogP contribution in [0.5, 0.6) is 5.75 Å². The van der Waals surface area contributed by atoms with E-state index < -0.39 is 44.4 Å². The molecule has 4 N–H and O–H groups in total. The molecule has 2 aromatic carbocycles. The molecular formula is C47H59N5O13P2. The summed E-state index contributed by atoms with van der Waals surface area (Å²) >= 11 is 0. The number of carbonyl (C=O) groups is 3. The molecule has 3 unspecified atom stereocenters. The summed E-state index contributed by atoms with van der Waals surface area (Å²) in [6.07, 6.45) is 8.12. The predicted molar refractivity (Wildman–Crippen MR) is 252 cm³/mol. The first kappa shape index (κ1) is 51.0. The normalized spacial score (nSPS) is 17.4. The van der Waals surface area contributed by atoms with Crippen molar-refractivity contribution in [3.05, 3.63) is 86.7 Å². The number of unbranched alkanes of at least 4 members (excludes halogenated alkanes) is 2. The summed E-state index contributed by atoms with van der Waals surface area (Å²) in [6.45, 7) is 11.1. The number of anilines is 1. The Morgan fingerprint density at radius 3 is 2.40 bits per heavy atom. The van der Waals surface area contributed by atoms with Gasteiger partial charge in [0, 0.05) is 53.7 Å². The summed E-state index contributed by atoms with van der Waals surface area (Å²) in [5, 5.41) is 20.3. The Kier molecular flexibility index (Phi) is 16.2. The van der Waals surface area contributed by atoms with Crippen LogP contribution in [-0.2, 0) is 67.2 Å². The third-order valence-corrected chi connectivity index (χ3v) is 14.3. The lowest BCUT2D eigenvalue weighted by Crippen LogP contribution is -2.44. The lowest BCUT2D eigenvalue weighted by atomic mass is 9.86. The van der Waals surface area contributed by atoms with Gasteiger partial charge in [-0.3, -0.25) is 23.5 Å². The maximum Gasteiger partial charge on any atom is 0.459 e. The van der Waals surface area contributed by atoms with Crippen molar-refractivity contribution in [3.63, 3.8) is 0 Å². The van der Waals surface area contributed by atoms with Gasteiger partial charge in [-0.2, -0.15) is 5.09 Å². The van der Waals surface area contributed by atoms with Crippen molar-refractivity contribution in [1.29, 1.82) is 0 Å². The molecule has 0 spiro atoms. The predicted octanol–water partition coefficient (Wildman–Crippen LogP) is 7.31. The molecule has 4 heterocycles. The number of aryl methyl sites for hydroxylation is 1. The number of nitrogens with zero attached hydrogens (tertiary/aromatic N) is 2. The van der Waals surface area contributed by atoms with Crippen LogP contribution in [0.4, 0.5) is 5.69 Å². The van der Waals surface area contributed by atoms with Crippen molar-refractivity contribution < 1.29 is 56.4 Å². The first-order chi connectivity index (χ1) is 31.8. The fraction of sp³-hybridized carbons (Fsp3) is 0.468. The summed E-state index contributed by atoms with van der Waals surface area (Å²) < 4.78 is 62.0. The third kappa shape index (κ3) is 11.8. The first-order valence-electron chi connectivity index (χ1n) is 22.2. The molecule has 2 aromatic heterocycles. The molecule has 360 valence electrons. The number of methoxy groups -OCH3 is 1. The molecular weight excluding hydrogens is 904 g/mol. The number of rotatable bonds is 22. The average molecular weight is 964 g/mol. The van der Waals surface area contributed by atoms with E-state index in [4.69, 9.17) is 39.2 Å². The molecule has 18 nitrogen and oxygen atoms in total. The third-order valence-electron chi connectivity index (χ3n) is 11.2. The maximum atomic E-state index is 14.5. The summed E-state index contributed by atoms with van der Waals surface area (Å²) in [7, 11) is -6.28. The van der Waals surface area contributed by atoms with Gasteiger partial charge in [0.2, 0.25) is 0 Å². The van der Waals surface area contributed by atoms with Crippen molar-refractivity contribution in [1.82, 2.24) is 20.0 Å². The van der Waals surface area contributed by atoms with Crippen LogP contribution in [0.1, 0.15) is 106 Å². The van der Waals surface area contributed by atoms with E-state index in [1.54, 1.807) is 87.9 Å². The molecule has 6 rings (SSSR count). The van der Waals surface area contributed by atoms with E-state index in [9.17, 15) is 33.4 Å². The molecule has 20 heteroatoms. The van der Waals surface area contributed by atoms with Crippen LogP contribution in [0.2, 0.25) is 0 Å². The van der Waals surface area contributed by atoms with Crippen LogP contribution >= 0.6 is 15.3 Å². The van der Waals surface area contributed by atoms with E-state index in [1.165, 1.54) is 6.92 Å². The number of hydrogen-bond acceptors (Lipinski definition) is 14. The number of fused-ring (bicyclic) bond motifs is 5. The lowest BCUT2D eigenvalue weighted by molar-refractivity contribution is -0.172. The van der Waals surface area contributed by atoms with Gasteiger partial charge in [0.05, 0.1) is 42.2 Å². The van der Waals surface area contributed by atoms with Crippen LogP contribution < -0.4 is 25.6 Å². The minimum Gasteiger partial charge on any atom is -0.459 e. The number of benzene rings is 2. The first-order valence-corrected chi connectivity index (χ1v) is 25.4. The van der Waals surface area contributed by atoms with Crippen molar-refractivity contribution in [2.75, 3.05) is 38.6 Å². The number of pyridine rings is 2. The SMILES string of the molecule is C#CP(=O)(Nc1ccc(C(=O)NCCCCCOP(=O)(NC(C)C(=O)OC(C)(C)C)Oc2ccc3nc4c(c(CC)c3c2)Cn2c-4cc3c(c2=O)COC(=O)[C@]3(O)CC)cc1)OCCCOC. The molecule has 0 radical (unpaired) electrons. The Balaban J connectivity index is 1.11. The van der Waals surface area contributed by atoms with Crippen molar-refractivity contribution in [3.8, 4) is 29.2 Å². The van der Waals surface area contributed by atoms with Crippen molar-refractivity contribution in [2.24, 2.45) is 0 Å². The van der Waals surface area contributed by atoms with Crippen LogP contribution in [0.3, 0.4) is 0 Å². The number of carbonyl (C=O) groups excluding carboxylic acids is 3. The molecule has 2 aliphatic rings. The second kappa shape index (κ2) is 21.3. The van der Waals surface area contributed by atoms with Gasteiger partial charge in [-0.05, 0) is 120 Å². The minimum absolute atomic E-state index is 0.0189. The number of amides is 1. The number of aliphatic hydroxyl groups is 1. The standard InChI is InChI=1S/C47H59N5O13P2/c1-9-34-35-26-33(20-21-39(35)49-41-36(34)28-52-40(41)27-38-37(43(52)54)29-61-45(56)47(38,57)10-2)65-67(59,50-30(4)44(55)64-46(5,6)7)63-24-14-12-13-22-48-42(53)31-16-18-32(19-17-31)51-66(58,11-3)62-25-15-23-60-8/h3,16-21,26-27,30,57H,9-10,12-15,22-25,28-29H2,1-2,4-8H3,(H,48,53)(H,50,59)(H,51,58)/t30?,47-,66?,67?/m0/s1. The van der Waals surface area contributed by atoms with Crippen molar-refractivity contribution in [2.45, 2.75) is 110 Å². The van der Waals surface area contributed by atoms with Gasteiger partial charge in [-0.1, -0.05) is 13.8 Å². The topological polar surface area (TPSA) is 232 Å². The van der Waals surface area contributed by atoms with Crippen LogP contribution in [-0.4, -0.2) is 77.6 Å². The zero-order chi connectivity index (χ0) is 48.7. The van der Waals surface area contributed by atoms with E-state index in [0.717, 1.165) is 11.1 Å². The second-order valence-electron chi connectivity index (χ2n) is 17.2. The number of ether oxygens (including phenoxy) is 3. The molecule has 4 aromatic rings. The average Bonchev–Trinajstić information content (AvgIpc) is 3.66. The van der Waals surface area contributed by atoms with Gasteiger partial charge < -0.3 is 43.3 Å². The second-order valence-corrected chi connectivity index (χ2v) is 20.8. The molecule has 4 atom stereocenters. The number of esters is 2. The van der Waals surface area contributed by atoms with Crippen LogP contribution in [0, 0.1) is 12.1 Å². The largest absolute Gasteiger partial charge is 0.459 e. The Hall–Kier alpha value is -5.37. The van der Waals surface area contributed by atoms with Gasteiger partial charge in [0.15, 0.2) is 5.60 Å². The number of hydrogen-bond donors (Lipinski definition) is 4. The molecule has 0 saturated heterocycles. The monoisotopic (exact) mass is 963 g/mol. The molecule has 0 saturated carbocycles. The van der Waals surface area contributed by atoms with E-state index in [-0.39, 0.29) is 61.1 Å². The Morgan fingerprint density at radius 1 is 1.00 bits per heavy atom. The molecule has 67 heavy (non-hydrogen) atoms. The van der Waals surface area contributed by atoms with Crippen LogP contribution in [0.25, 0.3) is 22.3 Å². The quantitative estimate of drug-likeness (QED) is 0.0230. The molecule has 0 fully saturated rings. The Morgan fingerprint density at radius 2 is 1.73 bits per heavy atom. The molecule has 0 aliphatic carbocycles. The number of terminal acetylenes is 1. The molecule has 1 amide bonds. The molecule has 2 aliphatic heterocycles. The molecule has 0 bridgehead atoms. The van der Waals surface area contributed by atoms with Gasteiger partial charge in [0.1, 0.15) is 24.0 Å². The summed E-state index contributed by atoms with van der Waals surface area (Å²) in [5.41, 5.74) is 3.54. The lowest BCUT2D eigenvalue weighted by Gasteiger charge is -2.31. The fourth-order valence-electron chi connectivity index (χ4n) is 7.77. The highest BCUT2D eigenvalue weighted by Crippen LogP contribution is 2.48. The highest BCUT2D eigenvalue weighted by atomic mass is 31.2. The van der Waals surface area contributed by atoms with Gasteiger partial charge in [-0.15, -0.1) is 6.42 Å². The zero-order valence-corrected chi connectivity index (χ0v) is 40.7. The summed E-state index contributed by atoms with van der Waals surface area (Å²) in [6, 6.07) is 11.9. The zero-order valence-electron chi connectivity index (χ0n) is 38.9. The fourth-order valence-corrected chi connectivity index (χ4v) is 10.4. The summed E-state index contributed by atoms with van der Waals surface area (Å²) in [5.74, 6) is -1.60. The van der Waals surface area contributed by atoms with Crippen LogP contribution in [0.15, 0.2) is 53.3 Å². The number of cyclic esters (lactones) is 1. The van der Waals surface area contributed by atoms with Gasteiger partial charge in [0.25, 0.3) is 11.5 Å².